The van der Waals surface area contributed by atoms with Gasteiger partial charge in [-0.15, -0.1) is 0 Å². The number of rotatable bonds is 5. The Balaban J connectivity index is 1.69. The van der Waals surface area contributed by atoms with E-state index in [1.54, 1.807) is 24.3 Å². The molecule has 3 rings (SSSR count). The minimum Gasteiger partial charge on any atom is -0.437 e. The van der Waals surface area contributed by atoms with Crippen LogP contribution in [0.4, 0.5) is 11.5 Å². The third-order valence-electron chi connectivity index (χ3n) is 3.48. The van der Waals surface area contributed by atoms with Gasteiger partial charge in [0.15, 0.2) is 5.82 Å². The van der Waals surface area contributed by atoms with Gasteiger partial charge in [0.1, 0.15) is 17.8 Å². The van der Waals surface area contributed by atoms with Gasteiger partial charge in [-0.05, 0) is 43.3 Å². The number of hydrogen-bond acceptors (Lipinski definition) is 6. The van der Waals surface area contributed by atoms with Gasteiger partial charge in [-0.1, -0.05) is 33.6 Å². The topological polar surface area (TPSA) is 102 Å². The standard InChI is InChI=1S/C18H16BrN5O2/c1-11-2-4-12(5-3-11)17(25)24-23-16-15(20)18(22-10-21-16)26-14-8-6-13(19)7-9-14/h2-10H,20H2,1H3,(H,24,25)(H,21,22,23). The maximum atomic E-state index is 12.2. The second kappa shape index (κ2) is 7.83. The van der Waals surface area contributed by atoms with Crippen LogP contribution in [0.25, 0.3) is 0 Å². The van der Waals surface area contributed by atoms with Crippen molar-refractivity contribution in [2.75, 3.05) is 11.2 Å². The lowest BCUT2D eigenvalue weighted by Crippen LogP contribution is -2.30. The molecule has 0 bridgehead atoms. The molecule has 4 N–H and O–H groups in total. The van der Waals surface area contributed by atoms with Crippen LogP contribution in [0.15, 0.2) is 59.3 Å². The molecule has 3 aromatic rings. The summed E-state index contributed by atoms with van der Waals surface area (Å²) in [6.45, 7) is 1.95. The van der Waals surface area contributed by atoms with Gasteiger partial charge in [0.2, 0.25) is 5.88 Å². The van der Waals surface area contributed by atoms with Gasteiger partial charge in [0, 0.05) is 10.0 Å². The fraction of sp³-hybridized carbons (Fsp3) is 0.0556. The molecule has 7 nitrogen and oxygen atoms in total. The number of hydrazine groups is 1. The van der Waals surface area contributed by atoms with Crippen LogP contribution in [0.3, 0.4) is 0 Å². The third-order valence-corrected chi connectivity index (χ3v) is 4.01. The largest absolute Gasteiger partial charge is 0.437 e. The molecule has 8 heteroatoms. The van der Waals surface area contributed by atoms with Gasteiger partial charge in [0.05, 0.1) is 0 Å². The molecule has 0 fully saturated rings. The van der Waals surface area contributed by atoms with Crippen LogP contribution in [-0.2, 0) is 0 Å². The highest BCUT2D eigenvalue weighted by Gasteiger charge is 2.12. The average molecular weight is 414 g/mol. The van der Waals surface area contributed by atoms with Crippen molar-refractivity contribution < 1.29 is 9.53 Å². The molecule has 0 aliphatic carbocycles. The van der Waals surface area contributed by atoms with Crippen molar-refractivity contribution in [3.05, 3.63) is 70.5 Å². The highest BCUT2D eigenvalue weighted by molar-refractivity contribution is 9.10. The van der Waals surface area contributed by atoms with Crippen LogP contribution in [0.2, 0.25) is 0 Å². The van der Waals surface area contributed by atoms with Crippen molar-refractivity contribution in [1.82, 2.24) is 15.4 Å². The number of hydrogen-bond donors (Lipinski definition) is 3. The highest BCUT2D eigenvalue weighted by atomic mass is 79.9. The summed E-state index contributed by atoms with van der Waals surface area (Å²) in [6, 6.07) is 14.4. The number of nitrogens with zero attached hydrogens (tertiary/aromatic N) is 2. The number of carbonyl (C=O) groups excluding carboxylic acids is 1. The van der Waals surface area contributed by atoms with E-state index in [2.05, 4.69) is 36.7 Å². The Morgan fingerprint density at radius 2 is 1.77 bits per heavy atom. The minimum absolute atomic E-state index is 0.180. The first-order chi connectivity index (χ1) is 12.5. The Bertz CT molecular complexity index is 914. The summed E-state index contributed by atoms with van der Waals surface area (Å²) < 4.78 is 6.59. The maximum absolute atomic E-state index is 12.2. The summed E-state index contributed by atoms with van der Waals surface area (Å²) in [5, 5.41) is 0. The third kappa shape index (κ3) is 4.28. The second-order valence-electron chi connectivity index (χ2n) is 5.44. The summed E-state index contributed by atoms with van der Waals surface area (Å²) >= 11 is 3.36. The predicted octanol–water partition coefficient (Wildman–Crippen LogP) is 3.68. The number of halogens is 1. The first-order valence-corrected chi connectivity index (χ1v) is 8.49. The molecule has 0 radical (unpaired) electrons. The van der Waals surface area contributed by atoms with E-state index in [0.29, 0.717) is 11.3 Å². The molecule has 0 unspecified atom stereocenters. The van der Waals surface area contributed by atoms with E-state index < -0.39 is 0 Å². The number of nitrogen functional groups attached to an aromatic ring is 1. The van der Waals surface area contributed by atoms with Gasteiger partial charge < -0.3 is 10.5 Å². The van der Waals surface area contributed by atoms with Gasteiger partial charge in [0.25, 0.3) is 5.91 Å². The molecular formula is C18H16BrN5O2. The molecule has 1 aromatic heterocycles. The number of benzene rings is 2. The molecule has 2 aromatic carbocycles. The number of carbonyl (C=O) groups is 1. The fourth-order valence-electron chi connectivity index (χ4n) is 2.07. The monoisotopic (exact) mass is 413 g/mol. The van der Waals surface area contributed by atoms with E-state index in [1.165, 1.54) is 6.33 Å². The summed E-state index contributed by atoms with van der Waals surface area (Å²) in [6.07, 6.45) is 1.30. The van der Waals surface area contributed by atoms with Gasteiger partial charge in [-0.25, -0.2) is 4.98 Å². The van der Waals surface area contributed by atoms with Crippen molar-refractivity contribution in [3.63, 3.8) is 0 Å². The van der Waals surface area contributed by atoms with Gasteiger partial charge >= 0.3 is 0 Å². The Morgan fingerprint density at radius 1 is 1.08 bits per heavy atom. The van der Waals surface area contributed by atoms with Gasteiger partial charge in [-0.3, -0.25) is 15.6 Å². The number of nitrogens with one attached hydrogen (secondary N) is 2. The molecule has 0 saturated heterocycles. The first-order valence-electron chi connectivity index (χ1n) is 7.70. The smallest absolute Gasteiger partial charge is 0.269 e. The maximum Gasteiger partial charge on any atom is 0.269 e. The van der Waals surface area contributed by atoms with Gasteiger partial charge in [-0.2, -0.15) is 4.98 Å². The van der Waals surface area contributed by atoms with Crippen molar-refractivity contribution in [2.45, 2.75) is 6.92 Å². The van der Waals surface area contributed by atoms with E-state index in [9.17, 15) is 4.79 Å². The molecule has 132 valence electrons. The number of aryl methyl sites for hydroxylation is 1. The Hall–Kier alpha value is -3.13. The summed E-state index contributed by atoms with van der Waals surface area (Å²) in [4.78, 5) is 20.2. The fourth-order valence-corrected chi connectivity index (χ4v) is 2.33. The first kappa shape index (κ1) is 17.7. The molecule has 0 saturated carbocycles. The molecular weight excluding hydrogens is 398 g/mol. The highest BCUT2D eigenvalue weighted by Crippen LogP contribution is 2.29. The minimum atomic E-state index is -0.307. The van der Waals surface area contributed by atoms with Crippen molar-refractivity contribution in [3.8, 4) is 11.6 Å². The zero-order chi connectivity index (χ0) is 18.5. The lowest BCUT2D eigenvalue weighted by molar-refractivity contribution is 0.0962. The molecule has 0 spiro atoms. The zero-order valence-electron chi connectivity index (χ0n) is 13.9. The van der Waals surface area contributed by atoms with Crippen LogP contribution >= 0.6 is 15.9 Å². The summed E-state index contributed by atoms with van der Waals surface area (Å²) in [5.41, 5.74) is 13.1. The number of amides is 1. The quantitative estimate of drug-likeness (QED) is 0.551. The number of aromatic nitrogens is 2. The van der Waals surface area contributed by atoms with E-state index in [4.69, 9.17) is 10.5 Å². The van der Waals surface area contributed by atoms with E-state index >= 15 is 0 Å². The molecule has 0 aliphatic rings. The number of anilines is 2. The predicted molar refractivity (Wildman–Crippen MR) is 103 cm³/mol. The van der Waals surface area contributed by atoms with Crippen LogP contribution in [0.5, 0.6) is 11.6 Å². The molecule has 1 heterocycles. The average Bonchev–Trinajstić information content (AvgIpc) is 2.64. The molecule has 0 aliphatic heterocycles. The Morgan fingerprint density at radius 3 is 2.46 bits per heavy atom. The lowest BCUT2D eigenvalue weighted by Gasteiger charge is -2.12. The Kier molecular flexibility index (Phi) is 5.33. The van der Waals surface area contributed by atoms with E-state index in [1.807, 2.05) is 31.2 Å². The molecule has 0 atom stereocenters. The Labute approximate surface area is 158 Å². The summed E-state index contributed by atoms with van der Waals surface area (Å²) in [5.74, 6) is 0.702. The van der Waals surface area contributed by atoms with Crippen LogP contribution < -0.4 is 21.3 Å². The van der Waals surface area contributed by atoms with Crippen LogP contribution in [-0.4, -0.2) is 15.9 Å². The molecule has 1 amide bonds. The van der Waals surface area contributed by atoms with Crippen LogP contribution in [0, 0.1) is 6.92 Å². The zero-order valence-corrected chi connectivity index (χ0v) is 15.4. The summed E-state index contributed by atoms with van der Waals surface area (Å²) in [7, 11) is 0. The van der Waals surface area contributed by atoms with Crippen molar-refractivity contribution in [1.29, 1.82) is 0 Å². The second-order valence-corrected chi connectivity index (χ2v) is 6.36. The SMILES string of the molecule is Cc1ccc(C(=O)NNc2ncnc(Oc3ccc(Br)cc3)c2N)cc1. The number of ether oxygens (including phenoxy) is 1. The normalized spacial score (nSPS) is 10.2. The molecule has 26 heavy (non-hydrogen) atoms. The van der Waals surface area contributed by atoms with E-state index in [0.717, 1.165) is 10.0 Å². The van der Waals surface area contributed by atoms with E-state index in [-0.39, 0.29) is 23.3 Å². The van der Waals surface area contributed by atoms with Crippen LogP contribution in [0.1, 0.15) is 15.9 Å². The van der Waals surface area contributed by atoms with Crippen molar-refractivity contribution >= 4 is 33.3 Å². The number of nitrogens with two attached hydrogens (primary N) is 1. The lowest BCUT2D eigenvalue weighted by atomic mass is 10.1. The van der Waals surface area contributed by atoms with Crippen molar-refractivity contribution in [2.24, 2.45) is 0 Å².